The third kappa shape index (κ3) is 3.72. The Morgan fingerprint density at radius 1 is 1.48 bits per heavy atom. The van der Waals surface area contributed by atoms with Crippen LogP contribution in [0.4, 0.5) is 0 Å². The number of carbonyl (C=O) groups excluding carboxylic acids is 1. The van der Waals surface area contributed by atoms with Crippen molar-refractivity contribution in [3.8, 4) is 11.8 Å². The molecule has 2 rings (SSSR count). The second kappa shape index (κ2) is 7.30. The molecule has 0 fully saturated rings. The summed E-state index contributed by atoms with van der Waals surface area (Å²) in [5, 5.41) is 13.7. The number of rotatable bonds is 5. The molecule has 23 heavy (non-hydrogen) atoms. The van der Waals surface area contributed by atoms with Gasteiger partial charge in [-0.25, -0.2) is 4.68 Å². The zero-order valence-electron chi connectivity index (χ0n) is 13.5. The quantitative estimate of drug-likeness (QED) is 0.841. The maximum Gasteiger partial charge on any atom is 0.257 e. The Balaban J connectivity index is 2.43. The summed E-state index contributed by atoms with van der Waals surface area (Å²) < 4.78 is 1.75. The minimum Gasteiger partial charge on any atom is -0.341 e. The van der Waals surface area contributed by atoms with E-state index in [1.807, 2.05) is 32.0 Å². The lowest BCUT2D eigenvalue weighted by atomic mass is 10.0. The van der Waals surface area contributed by atoms with Crippen LogP contribution >= 0.6 is 11.6 Å². The molecule has 0 aliphatic carbocycles. The van der Waals surface area contributed by atoms with E-state index in [-0.39, 0.29) is 11.8 Å². The van der Waals surface area contributed by atoms with Gasteiger partial charge in [-0.15, -0.1) is 0 Å². The average Bonchev–Trinajstić information content (AvgIpc) is 2.97. The summed E-state index contributed by atoms with van der Waals surface area (Å²) in [6.07, 6.45) is 1.89. The van der Waals surface area contributed by atoms with E-state index < -0.39 is 0 Å². The molecule has 0 spiro atoms. The highest BCUT2D eigenvalue weighted by molar-refractivity contribution is 6.30. The first kappa shape index (κ1) is 17.0. The lowest BCUT2D eigenvalue weighted by Crippen LogP contribution is -2.28. The first-order valence-corrected chi connectivity index (χ1v) is 7.79. The van der Waals surface area contributed by atoms with Crippen LogP contribution in [0.3, 0.4) is 0 Å². The molecule has 0 radical (unpaired) electrons. The topological polar surface area (TPSA) is 61.9 Å². The molecule has 0 aliphatic heterocycles. The molecule has 0 saturated carbocycles. The van der Waals surface area contributed by atoms with E-state index in [0.717, 1.165) is 11.4 Å². The van der Waals surface area contributed by atoms with Gasteiger partial charge in [0.1, 0.15) is 0 Å². The molecule has 0 atom stereocenters. The number of halogens is 1. The summed E-state index contributed by atoms with van der Waals surface area (Å²) in [6, 6.07) is 9.41. The van der Waals surface area contributed by atoms with Crippen LogP contribution in [0.5, 0.6) is 0 Å². The Labute approximate surface area is 141 Å². The maximum atomic E-state index is 12.6. The summed E-state index contributed by atoms with van der Waals surface area (Å²) in [5.74, 6) is -0.0166. The highest BCUT2D eigenvalue weighted by Gasteiger charge is 2.23. The van der Waals surface area contributed by atoms with Gasteiger partial charge in [-0.2, -0.15) is 10.4 Å². The van der Waals surface area contributed by atoms with Crippen LogP contribution in [-0.2, 0) is 0 Å². The van der Waals surface area contributed by atoms with Gasteiger partial charge in [-0.05, 0) is 24.1 Å². The van der Waals surface area contributed by atoms with Crippen molar-refractivity contribution in [2.75, 3.05) is 13.6 Å². The van der Waals surface area contributed by atoms with Crippen LogP contribution in [0.1, 0.15) is 42.2 Å². The number of hydrogen-bond acceptors (Lipinski definition) is 3. The molecule has 5 nitrogen and oxygen atoms in total. The lowest BCUT2D eigenvalue weighted by molar-refractivity contribution is 0.0796. The number of nitrogens with zero attached hydrogens (tertiary/aromatic N) is 4. The number of benzene rings is 1. The Kier molecular flexibility index (Phi) is 5.41. The fourth-order valence-corrected chi connectivity index (χ4v) is 2.60. The highest BCUT2D eigenvalue weighted by Crippen LogP contribution is 2.25. The first-order valence-electron chi connectivity index (χ1n) is 7.42. The van der Waals surface area contributed by atoms with Crippen molar-refractivity contribution in [2.45, 2.75) is 26.2 Å². The maximum absolute atomic E-state index is 12.6. The fraction of sp³-hybridized carbons (Fsp3) is 0.353. The van der Waals surface area contributed by atoms with E-state index in [2.05, 4.69) is 11.2 Å². The van der Waals surface area contributed by atoms with Gasteiger partial charge in [0.2, 0.25) is 0 Å². The first-order chi connectivity index (χ1) is 11.0. The van der Waals surface area contributed by atoms with Gasteiger partial charge in [0.25, 0.3) is 5.91 Å². The average molecular weight is 331 g/mol. The molecular formula is C17H19ClN4O. The molecule has 120 valence electrons. The second-order valence-corrected chi connectivity index (χ2v) is 6.06. The molecule has 1 heterocycles. The van der Waals surface area contributed by atoms with Crippen LogP contribution in [-0.4, -0.2) is 34.2 Å². The second-order valence-electron chi connectivity index (χ2n) is 5.62. The van der Waals surface area contributed by atoms with Crippen LogP contribution in [0.2, 0.25) is 5.02 Å². The van der Waals surface area contributed by atoms with Crippen LogP contribution in [0.25, 0.3) is 5.69 Å². The normalized spacial score (nSPS) is 10.6. The largest absolute Gasteiger partial charge is 0.341 e. The van der Waals surface area contributed by atoms with Crippen molar-refractivity contribution in [3.63, 3.8) is 0 Å². The number of hydrogen-bond donors (Lipinski definition) is 0. The van der Waals surface area contributed by atoms with Crippen LogP contribution in [0, 0.1) is 11.3 Å². The van der Waals surface area contributed by atoms with Crippen molar-refractivity contribution >= 4 is 17.5 Å². The zero-order chi connectivity index (χ0) is 17.0. The predicted octanol–water partition coefficient (Wildman–Crippen LogP) is 3.63. The number of nitriles is 1. The molecule has 1 aromatic heterocycles. The lowest BCUT2D eigenvalue weighted by Gasteiger charge is -2.17. The van der Waals surface area contributed by atoms with Gasteiger partial charge in [0.15, 0.2) is 0 Å². The van der Waals surface area contributed by atoms with E-state index in [4.69, 9.17) is 16.9 Å². The molecule has 0 unspecified atom stereocenters. The van der Waals surface area contributed by atoms with Gasteiger partial charge >= 0.3 is 0 Å². The standard InChI is InChI=1S/C17H19ClN4O/c1-12(2)16-15(17(23)21(3)9-5-8-19)11-20-22(16)14-7-4-6-13(18)10-14/h4,6-7,10-12H,5,9H2,1-3H3. The van der Waals surface area contributed by atoms with Gasteiger partial charge < -0.3 is 4.90 Å². The summed E-state index contributed by atoms with van der Waals surface area (Å²) in [4.78, 5) is 14.2. The van der Waals surface area contributed by atoms with E-state index in [1.165, 1.54) is 0 Å². The molecule has 6 heteroatoms. The summed E-state index contributed by atoms with van der Waals surface area (Å²) in [5.41, 5.74) is 2.21. The van der Waals surface area contributed by atoms with Gasteiger partial charge in [-0.1, -0.05) is 31.5 Å². The van der Waals surface area contributed by atoms with Crippen molar-refractivity contribution in [1.29, 1.82) is 5.26 Å². The minimum absolute atomic E-state index is 0.111. The number of aromatic nitrogens is 2. The number of amides is 1. The van der Waals surface area contributed by atoms with E-state index >= 15 is 0 Å². The van der Waals surface area contributed by atoms with Crippen molar-refractivity contribution < 1.29 is 4.79 Å². The SMILES string of the molecule is CC(C)c1c(C(=O)N(C)CCC#N)cnn1-c1cccc(Cl)c1. The van der Waals surface area contributed by atoms with Gasteiger partial charge in [0.05, 0.1) is 35.6 Å². The minimum atomic E-state index is -0.128. The molecule has 1 aromatic carbocycles. The third-order valence-corrected chi connectivity index (χ3v) is 3.78. The predicted molar refractivity (Wildman–Crippen MR) is 89.9 cm³/mol. The molecule has 0 N–H and O–H groups in total. The Morgan fingerprint density at radius 3 is 2.83 bits per heavy atom. The van der Waals surface area contributed by atoms with Gasteiger partial charge in [-0.3, -0.25) is 4.79 Å². The van der Waals surface area contributed by atoms with Crippen molar-refractivity contribution in [3.05, 3.63) is 46.7 Å². The molecule has 0 bridgehead atoms. The molecule has 0 saturated heterocycles. The van der Waals surface area contributed by atoms with E-state index in [9.17, 15) is 4.79 Å². The smallest absolute Gasteiger partial charge is 0.257 e. The van der Waals surface area contributed by atoms with Crippen LogP contribution in [0.15, 0.2) is 30.5 Å². The summed E-state index contributed by atoms with van der Waals surface area (Å²) in [6.45, 7) is 4.43. The Morgan fingerprint density at radius 2 is 2.22 bits per heavy atom. The van der Waals surface area contributed by atoms with Crippen molar-refractivity contribution in [1.82, 2.24) is 14.7 Å². The highest BCUT2D eigenvalue weighted by atomic mass is 35.5. The molecular weight excluding hydrogens is 312 g/mol. The van der Waals surface area contributed by atoms with Crippen LogP contribution < -0.4 is 0 Å². The summed E-state index contributed by atoms with van der Waals surface area (Å²) >= 11 is 6.06. The zero-order valence-corrected chi connectivity index (χ0v) is 14.2. The fourth-order valence-electron chi connectivity index (χ4n) is 2.42. The molecule has 1 amide bonds. The summed E-state index contributed by atoms with van der Waals surface area (Å²) in [7, 11) is 1.69. The third-order valence-electron chi connectivity index (χ3n) is 3.54. The van der Waals surface area contributed by atoms with E-state index in [1.54, 1.807) is 28.9 Å². The van der Waals surface area contributed by atoms with Gasteiger partial charge in [0, 0.05) is 18.6 Å². The number of carbonyl (C=O) groups is 1. The monoisotopic (exact) mass is 330 g/mol. The Hall–Kier alpha value is -2.32. The molecule has 2 aromatic rings. The van der Waals surface area contributed by atoms with Crippen molar-refractivity contribution in [2.24, 2.45) is 0 Å². The Bertz CT molecular complexity index is 745. The van der Waals surface area contributed by atoms with E-state index in [0.29, 0.717) is 23.6 Å². The molecule has 0 aliphatic rings.